The Labute approximate surface area is 220 Å². The van der Waals surface area contributed by atoms with E-state index in [1.54, 1.807) is 7.11 Å². The number of fused-ring (bicyclic) bond motifs is 1. The standard InChI is InChI=1S/C29H31N3O6/c1-18(22-13-8-11-19-9-4-6-12-23(19)22)32(2)29(36)27(34)26(33)28(35)30-16-25-31-21(17-38-25)15-20-10-5-7-14-24(20)37-3/h4-14,17-18,26-27,33-34H,15-16H2,1-3H3,(H,30,35)/t18-,26-,27-/m1/s1. The lowest BCUT2D eigenvalue weighted by molar-refractivity contribution is -0.153. The van der Waals surface area contributed by atoms with Crippen molar-refractivity contribution in [3.8, 4) is 5.75 Å². The van der Waals surface area contributed by atoms with Gasteiger partial charge in [-0.25, -0.2) is 4.98 Å². The Hall–Kier alpha value is -4.21. The summed E-state index contributed by atoms with van der Waals surface area (Å²) >= 11 is 0. The molecule has 0 spiro atoms. The first-order valence-corrected chi connectivity index (χ1v) is 12.2. The molecule has 0 fully saturated rings. The number of aliphatic hydroxyl groups is 2. The molecule has 1 heterocycles. The van der Waals surface area contributed by atoms with E-state index in [4.69, 9.17) is 9.15 Å². The van der Waals surface area contributed by atoms with Crippen LogP contribution in [0.15, 0.2) is 77.4 Å². The van der Waals surface area contributed by atoms with Crippen LogP contribution in [0.2, 0.25) is 0 Å². The van der Waals surface area contributed by atoms with E-state index in [2.05, 4.69) is 10.3 Å². The van der Waals surface area contributed by atoms with Gasteiger partial charge in [0.15, 0.2) is 12.2 Å². The number of nitrogens with zero attached hydrogens (tertiary/aromatic N) is 2. The number of ether oxygens (including phenoxy) is 1. The van der Waals surface area contributed by atoms with Crippen molar-refractivity contribution in [3.05, 3.63) is 95.7 Å². The second kappa shape index (κ2) is 11.9. The van der Waals surface area contributed by atoms with Gasteiger partial charge in [-0.2, -0.15) is 0 Å². The number of likely N-dealkylation sites (N-methyl/N-ethyl adjacent to an activating group) is 1. The summed E-state index contributed by atoms with van der Waals surface area (Å²) in [5.74, 6) is -0.741. The van der Waals surface area contributed by atoms with E-state index in [0.717, 1.165) is 27.6 Å². The van der Waals surface area contributed by atoms with Crippen molar-refractivity contribution in [2.24, 2.45) is 0 Å². The third-order valence-electron chi connectivity index (χ3n) is 6.60. The summed E-state index contributed by atoms with van der Waals surface area (Å²) in [7, 11) is 3.12. The van der Waals surface area contributed by atoms with Crippen LogP contribution in [0.5, 0.6) is 5.75 Å². The number of nitrogens with one attached hydrogen (secondary N) is 1. The Kier molecular flexibility index (Phi) is 8.40. The van der Waals surface area contributed by atoms with Gasteiger partial charge in [0.25, 0.3) is 11.8 Å². The molecule has 198 valence electrons. The third kappa shape index (κ3) is 5.85. The Bertz CT molecular complexity index is 1410. The molecule has 0 aliphatic rings. The molecular formula is C29H31N3O6. The molecule has 4 aromatic rings. The average molecular weight is 518 g/mol. The highest BCUT2D eigenvalue weighted by atomic mass is 16.5. The average Bonchev–Trinajstić information content (AvgIpc) is 3.41. The maximum absolute atomic E-state index is 12.9. The number of aromatic nitrogens is 1. The minimum Gasteiger partial charge on any atom is -0.496 e. The van der Waals surface area contributed by atoms with Gasteiger partial charge in [0, 0.05) is 19.0 Å². The van der Waals surface area contributed by atoms with Crippen molar-refractivity contribution >= 4 is 22.6 Å². The van der Waals surface area contributed by atoms with Crippen LogP contribution in [0, 0.1) is 0 Å². The predicted molar refractivity (Wildman–Crippen MR) is 141 cm³/mol. The molecular weight excluding hydrogens is 486 g/mol. The molecule has 9 heteroatoms. The molecule has 0 unspecified atom stereocenters. The third-order valence-corrected chi connectivity index (χ3v) is 6.60. The summed E-state index contributed by atoms with van der Waals surface area (Å²) in [4.78, 5) is 31.1. The number of rotatable bonds is 10. The van der Waals surface area contributed by atoms with E-state index in [9.17, 15) is 19.8 Å². The number of carbonyl (C=O) groups is 2. The SMILES string of the molecule is COc1ccccc1Cc1coc(CNC(=O)[C@H](O)[C@@H](O)C(=O)N(C)[C@H](C)c2cccc3ccccc23)n1. The van der Waals surface area contributed by atoms with Crippen LogP contribution in [-0.4, -0.2) is 58.3 Å². The quantitative estimate of drug-likeness (QED) is 0.295. The summed E-state index contributed by atoms with van der Waals surface area (Å²) in [6, 6.07) is 20.7. The molecule has 3 N–H and O–H groups in total. The summed E-state index contributed by atoms with van der Waals surface area (Å²) in [6.07, 6.45) is -1.96. The Morgan fingerprint density at radius 3 is 2.53 bits per heavy atom. The molecule has 0 radical (unpaired) electrons. The first kappa shape index (κ1) is 26.8. The van der Waals surface area contributed by atoms with Crippen molar-refractivity contribution < 1.29 is 29.0 Å². The molecule has 0 bridgehead atoms. The molecule has 3 atom stereocenters. The first-order valence-electron chi connectivity index (χ1n) is 12.2. The molecule has 9 nitrogen and oxygen atoms in total. The number of para-hydroxylation sites is 1. The largest absolute Gasteiger partial charge is 0.496 e. The Balaban J connectivity index is 1.34. The van der Waals surface area contributed by atoms with Gasteiger partial charge in [-0.1, -0.05) is 60.7 Å². The van der Waals surface area contributed by atoms with Crippen molar-refractivity contribution in [3.63, 3.8) is 0 Å². The number of methoxy groups -OCH3 is 1. The number of amides is 2. The van der Waals surface area contributed by atoms with E-state index in [0.29, 0.717) is 12.1 Å². The molecule has 0 aliphatic heterocycles. The highest BCUT2D eigenvalue weighted by molar-refractivity contribution is 5.91. The molecule has 4 rings (SSSR count). The fraction of sp³-hybridized carbons (Fsp3) is 0.276. The summed E-state index contributed by atoms with van der Waals surface area (Å²) in [5.41, 5.74) is 2.45. The molecule has 0 saturated carbocycles. The van der Waals surface area contributed by atoms with Crippen molar-refractivity contribution in [1.29, 1.82) is 0 Å². The van der Waals surface area contributed by atoms with Crippen LogP contribution in [0.1, 0.15) is 35.7 Å². The number of benzene rings is 3. The Morgan fingerprint density at radius 1 is 1.03 bits per heavy atom. The van der Waals surface area contributed by atoms with Crippen molar-refractivity contribution in [2.75, 3.05) is 14.2 Å². The second-order valence-corrected chi connectivity index (χ2v) is 9.02. The first-order chi connectivity index (χ1) is 18.3. The van der Waals surface area contributed by atoms with Crippen LogP contribution in [0.25, 0.3) is 10.8 Å². The number of carbonyl (C=O) groups excluding carboxylic acids is 2. The monoisotopic (exact) mass is 517 g/mol. The van der Waals surface area contributed by atoms with Crippen LogP contribution >= 0.6 is 0 Å². The van der Waals surface area contributed by atoms with Gasteiger partial charge >= 0.3 is 0 Å². The molecule has 38 heavy (non-hydrogen) atoms. The van der Waals surface area contributed by atoms with Gasteiger partial charge in [-0.05, 0) is 29.3 Å². The smallest absolute Gasteiger partial charge is 0.254 e. The summed E-state index contributed by atoms with van der Waals surface area (Å²) in [6.45, 7) is 1.70. The van der Waals surface area contributed by atoms with Crippen molar-refractivity contribution in [2.45, 2.75) is 38.1 Å². The van der Waals surface area contributed by atoms with Gasteiger partial charge in [0.1, 0.15) is 12.0 Å². The van der Waals surface area contributed by atoms with E-state index in [1.165, 1.54) is 18.2 Å². The second-order valence-electron chi connectivity index (χ2n) is 9.02. The summed E-state index contributed by atoms with van der Waals surface area (Å²) in [5, 5.41) is 25.3. The molecule has 2 amide bonds. The number of hydrogen-bond acceptors (Lipinski definition) is 7. The van der Waals surface area contributed by atoms with E-state index >= 15 is 0 Å². The van der Waals surface area contributed by atoms with E-state index in [1.807, 2.05) is 73.7 Å². The van der Waals surface area contributed by atoms with Crippen LogP contribution in [0.4, 0.5) is 0 Å². The van der Waals surface area contributed by atoms with E-state index in [-0.39, 0.29) is 12.4 Å². The molecule has 0 saturated heterocycles. The predicted octanol–water partition coefficient (Wildman–Crippen LogP) is 2.98. The highest BCUT2D eigenvalue weighted by Crippen LogP contribution is 2.28. The normalized spacial score (nSPS) is 13.5. The van der Waals surface area contributed by atoms with Gasteiger partial charge in [-0.3, -0.25) is 9.59 Å². The number of hydrogen-bond donors (Lipinski definition) is 3. The van der Waals surface area contributed by atoms with Crippen molar-refractivity contribution in [1.82, 2.24) is 15.2 Å². The van der Waals surface area contributed by atoms with Crippen LogP contribution in [0.3, 0.4) is 0 Å². The molecule has 1 aromatic heterocycles. The topological polar surface area (TPSA) is 125 Å². The zero-order chi connectivity index (χ0) is 27.2. The van der Waals surface area contributed by atoms with Gasteiger partial charge in [0.2, 0.25) is 5.89 Å². The minimum absolute atomic E-state index is 0.120. The number of aliphatic hydroxyl groups excluding tert-OH is 2. The van der Waals surface area contributed by atoms with Gasteiger partial charge in [0.05, 0.1) is 25.4 Å². The summed E-state index contributed by atoms with van der Waals surface area (Å²) < 4.78 is 10.8. The highest BCUT2D eigenvalue weighted by Gasteiger charge is 2.34. The molecule has 3 aromatic carbocycles. The van der Waals surface area contributed by atoms with Crippen LogP contribution in [-0.2, 0) is 22.6 Å². The van der Waals surface area contributed by atoms with Gasteiger partial charge in [-0.15, -0.1) is 0 Å². The fourth-order valence-corrected chi connectivity index (χ4v) is 4.32. The zero-order valence-electron chi connectivity index (χ0n) is 21.5. The van der Waals surface area contributed by atoms with E-state index < -0.39 is 30.1 Å². The molecule has 0 aliphatic carbocycles. The van der Waals surface area contributed by atoms with Crippen LogP contribution < -0.4 is 10.1 Å². The zero-order valence-corrected chi connectivity index (χ0v) is 21.5. The minimum atomic E-state index is -1.97. The fourth-order valence-electron chi connectivity index (χ4n) is 4.32. The Morgan fingerprint density at radius 2 is 1.74 bits per heavy atom. The lowest BCUT2D eigenvalue weighted by atomic mass is 9.98. The lowest BCUT2D eigenvalue weighted by Crippen LogP contribution is -2.50. The van der Waals surface area contributed by atoms with Gasteiger partial charge < -0.3 is 29.6 Å². The lowest BCUT2D eigenvalue weighted by Gasteiger charge is -2.29. The maximum atomic E-state index is 12.9. The number of oxazole rings is 1. The maximum Gasteiger partial charge on any atom is 0.254 e.